The number of nitrogens with zero attached hydrogens (tertiary/aromatic N) is 2. The number of nitriles is 1. The van der Waals surface area contributed by atoms with Crippen molar-refractivity contribution in [2.45, 2.75) is 32.9 Å². The molecule has 100 valence electrons. The lowest BCUT2D eigenvalue weighted by Crippen LogP contribution is -2.32. The van der Waals surface area contributed by atoms with Crippen molar-refractivity contribution in [3.8, 4) is 6.07 Å². The zero-order chi connectivity index (χ0) is 14.0. The SMILES string of the molecule is Cc1cc(C#N)ccc1CN1CCC(C(=O)O)C1C. The lowest BCUT2D eigenvalue weighted by Gasteiger charge is -2.23. The van der Waals surface area contributed by atoms with Gasteiger partial charge in [0.05, 0.1) is 17.6 Å². The van der Waals surface area contributed by atoms with Crippen molar-refractivity contribution in [2.24, 2.45) is 5.92 Å². The first-order valence-electron chi connectivity index (χ1n) is 6.49. The van der Waals surface area contributed by atoms with Crippen LogP contribution in [0.2, 0.25) is 0 Å². The number of aliphatic carboxylic acids is 1. The van der Waals surface area contributed by atoms with Crippen molar-refractivity contribution in [3.63, 3.8) is 0 Å². The van der Waals surface area contributed by atoms with Gasteiger partial charge in [-0.1, -0.05) is 6.07 Å². The van der Waals surface area contributed by atoms with Crippen LogP contribution in [-0.2, 0) is 11.3 Å². The van der Waals surface area contributed by atoms with Crippen molar-refractivity contribution in [1.29, 1.82) is 5.26 Å². The van der Waals surface area contributed by atoms with Crippen LogP contribution in [0.4, 0.5) is 0 Å². The Kier molecular flexibility index (Phi) is 3.87. The first kappa shape index (κ1) is 13.6. The molecule has 4 nitrogen and oxygen atoms in total. The monoisotopic (exact) mass is 258 g/mol. The van der Waals surface area contributed by atoms with Crippen LogP contribution >= 0.6 is 0 Å². The average Bonchev–Trinajstić information content (AvgIpc) is 2.73. The molecule has 0 radical (unpaired) electrons. The van der Waals surface area contributed by atoms with Gasteiger partial charge in [-0.3, -0.25) is 9.69 Å². The molecule has 1 aliphatic heterocycles. The molecule has 2 atom stereocenters. The smallest absolute Gasteiger partial charge is 0.308 e. The molecule has 0 bridgehead atoms. The van der Waals surface area contributed by atoms with Gasteiger partial charge in [0, 0.05) is 12.6 Å². The zero-order valence-corrected chi connectivity index (χ0v) is 11.3. The molecule has 2 rings (SSSR count). The molecular formula is C15H18N2O2. The molecule has 1 fully saturated rings. The maximum Gasteiger partial charge on any atom is 0.308 e. The summed E-state index contributed by atoms with van der Waals surface area (Å²) in [6.07, 6.45) is 0.714. The van der Waals surface area contributed by atoms with Crippen LogP contribution in [0.3, 0.4) is 0 Å². The Bertz CT molecular complexity index is 533. The fourth-order valence-electron chi connectivity index (χ4n) is 2.72. The Labute approximate surface area is 113 Å². The quantitative estimate of drug-likeness (QED) is 0.902. The van der Waals surface area contributed by atoms with Gasteiger partial charge in [-0.15, -0.1) is 0 Å². The number of carboxylic acids is 1. The minimum atomic E-state index is -0.702. The van der Waals surface area contributed by atoms with E-state index in [4.69, 9.17) is 10.4 Å². The number of hydrogen-bond donors (Lipinski definition) is 1. The summed E-state index contributed by atoms with van der Waals surface area (Å²) in [6.45, 7) is 5.54. The van der Waals surface area contributed by atoms with Crippen LogP contribution in [0.5, 0.6) is 0 Å². The first-order valence-corrected chi connectivity index (χ1v) is 6.49. The molecule has 0 amide bonds. The highest BCUT2D eigenvalue weighted by atomic mass is 16.4. The van der Waals surface area contributed by atoms with E-state index in [2.05, 4.69) is 11.0 Å². The Balaban J connectivity index is 2.11. The number of carboxylic acid groups (broad SMARTS) is 1. The summed E-state index contributed by atoms with van der Waals surface area (Å²) < 4.78 is 0. The molecule has 1 N–H and O–H groups in total. The number of aryl methyl sites for hydroxylation is 1. The molecule has 0 aliphatic carbocycles. The van der Waals surface area contributed by atoms with Crippen molar-refractivity contribution >= 4 is 5.97 Å². The van der Waals surface area contributed by atoms with E-state index in [9.17, 15) is 4.79 Å². The number of rotatable bonds is 3. The predicted molar refractivity (Wildman–Crippen MR) is 71.5 cm³/mol. The summed E-state index contributed by atoms with van der Waals surface area (Å²) in [5.41, 5.74) is 2.92. The lowest BCUT2D eigenvalue weighted by molar-refractivity contribution is -0.142. The van der Waals surface area contributed by atoms with E-state index in [1.165, 1.54) is 0 Å². The third-order valence-electron chi connectivity index (χ3n) is 4.05. The molecule has 1 heterocycles. The molecule has 19 heavy (non-hydrogen) atoms. The van der Waals surface area contributed by atoms with Gasteiger partial charge in [-0.25, -0.2) is 0 Å². The van der Waals surface area contributed by atoms with Crippen LogP contribution in [-0.4, -0.2) is 28.6 Å². The molecule has 0 saturated carbocycles. The van der Waals surface area contributed by atoms with Gasteiger partial charge in [0.1, 0.15) is 0 Å². The van der Waals surface area contributed by atoms with Gasteiger partial charge >= 0.3 is 5.97 Å². The highest BCUT2D eigenvalue weighted by molar-refractivity contribution is 5.71. The van der Waals surface area contributed by atoms with Crippen LogP contribution in [0, 0.1) is 24.2 Å². The van der Waals surface area contributed by atoms with E-state index < -0.39 is 5.97 Å². The Morgan fingerprint density at radius 3 is 2.84 bits per heavy atom. The minimum Gasteiger partial charge on any atom is -0.481 e. The number of hydrogen-bond acceptors (Lipinski definition) is 3. The van der Waals surface area contributed by atoms with E-state index in [0.29, 0.717) is 12.0 Å². The molecule has 0 aromatic heterocycles. The van der Waals surface area contributed by atoms with Crippen LogP contribution < -0.4 is 0 Å². The lowest BCUT2D eigenvalue weighted by atomic mass is 10.0. The van der Waals surface area contributed by atoms with Gasteiger partial charge in [0.25, 0.3) is 0 Å². The highest BCUT2D eigenvalue weighted by Gasteiger charge is 2.35. The fraction of sp³-hybridized carbons (Fsp3) is 0.467. The van der Waals surface area contributed by atoms with Crippen molar-refractivity contribution < 1.29 is 9.90 Å². The fourth-order valence-corrected chi connectivity index (χ4v) is 2.72. The van der Waals surface area contributed by atoms with E-state index in [0.717, 1.165) is 24.2 Å². The zero-order valence-electron chi connectivity index (χ0n) is 11.3. The third kappa shape index (κ3) is 2.77. The maximum atomic E-state index is 11.1. The standard InChI is InChI=1S/C15H18N2O2/c1-10-7-12(8-16)3-4-13(10)9-17-6-5-14(11(17)2)15(18)19/h3-4,7,11,14H,5-6,9H2,1-2H3,(H,18,19). The normalized spacial score (nSPS) is 23.2. The van der Waals surface area contributed by atoms with E-state index >= 15 is 0 Å². The average molecular weight is 258 g/mol. The summed E-state index contributed by atoms with van der Waals surface area (Å²) in [6, 6.07) is 7.85. The van der Waals surface area contributed by atoms with E-state index in [1.807, 2.05) is 32.0 Å². The minimum absolute atomic E-state index is 0.0625. The summed E-state index contributed by atoms with van der Waals surface area (Å²) >= 11 is 0. The Hall–Kier alpha value is -1.86. The van der Waals surface area contributed by atoms with Crippen molar-refractivity contribution in [2.75, 3.05) is 6.54 Å². The van der Waals surface area contributed by atoms with Gasteiger partial charge in [-0.2, -0.15) is 5.26 Å². The van der Waals surface area contributed by atoms with E-state index in [1.54, 1.807) is 0 Å². The van der Waals surface area contributed by atoms with E-state index in [-0.39, 0.29) is 12.0 Å². The molecule has 0 spiro atoms. The van der Waals surface area contributed by atoms with Crippen molar-refractivity contribution in [1.82, 2.24) is 4.90 Å². The summed E-state index contributed by atoms with van der Waals surface area (Å²) in [5, 5.41) is 18.0. The van der Waals surface area contributed by atoms with Crippen LogP contribution in [0.1, 0.15) is 30.0 Å². The van der Waals surface area contributed by atoms with Gasteiger partial charge < -0.3 is 5.11 Å². The van der Waals surface area contributed by atoms with Gasteiger partial charge in [-0.05, 0) is 50.1 Å². The molecular weight excluding hydrogens is 240 g/mol. The number of benzene rings is 1. The maximum absolute atomic E-state index is 11.1. The number of likely N-dealkylation sites (tertiary alicyclic amines) is 1. The third-order valence-corrected chi connectivity index (χ3v) is 4.05. The summed E-state index contributed by atoms with van der Waals surface area (Å²) in [4.78, 5) is 13.3. The van der Waals surface area contributed by atoms with Gasteiger partial charge in [0.2, 0.25) is 0 Å². The van der Waals surface area contributed by atoms with Crippen LogP contribution in [0.15, 0.2) is 18.2 Å². The molecule has 2 unspecified atom stereocenters. The number of carbonyl (C=O) groups is 1. The molecule has 4 heteroatoms. The molecule has 1 aromatic carbocycles. The highest BCUT2D eigenvalue weighted by Crippen LogP contribution is 2.26. The second kappa shape index (κ2) is 5.41. The first-order chi connectivity index (χ1) is 9.02. The largest absolute Gasteiger partial charge is 0.481 e. The Morgan fingerprint density at radius 2 is 2.32 bits per heavy atom. The van der Waals surface area contributed by atoms with Crippen LogP contribution in [0.25, 0.3) is 0 Å². The summed E-state index contributed by atoms with van der Waals surface area (Å²) in [7, 11) is 0. The molecule has 1 aliphatic rings. The molecule has 1 saturated heterocycles. The topological polar surface area (TPSA) is 64.3 Å². The van der Waals surface area contributed by atoms with Gasteiger partial charge in [0.15, 0.2) is 0 Å². The van der Waals surface area contributed by atoms with Crippen molar-refractivity contribution in [3.05, 3.63) is 34.9 Å². The second-order valence-electron chi connectivity index (χ2n) is 5.20. The summed E-state index contributed by atoms with van der Waals surface area (Å²) in [5.74, 6) is -0.967. The Morgan fingerprint density at radius 1 is 1.58 bits per heavy atom. The predicted octanol–water partition coefficient (Wildman–Crippen LogP) is 2.16. The second-order valence-corrected chi connectivity index (χ2v) is 5.20. The molecule has 1 aromatic rings.